The molecule has 1 aliphatic carbocycles. The second kappa shape index (κ2) is 5.89. The van der Waals surface area contributed by atoms with Crippen LogP contribution in [0.4, 0.5) is 0 Å². The van der Waals surface area contributed by atoms with E-state index in [0.29, 0.717) is 5.54 Å². The molecule has 1 heterocycles. The van der Waals surface area contributed by atoms with Gasteiger partial charge in [-0.3, -0.25) is 4.90 Å². The summed E-state index contributed by atoms with van der Waals surface area (Å²) < 4.78 is 0. The predicted molar refractivity (Wildman–Crippen MR) is 78.0 cm³/mol. The predicted octanol–water partition coefficient (Wildman–Crippen LogP) is 1.79. The van der Waals surface area contributed by atoms with Crippen molar-refractivity contribution in [1.29, 1.82) is 0 Å². The topological polar surface area (TPSA) is 18.5 Å². The summed E-state index contributed by atoms with van der Waals surface area (Å²) >= 11 is 0. The first-order valence-corrected chi connectivity index (χ1v) is 7.66. The Bertz CT molecular complexity index is 247. The van der Waals surface area contributed by atoms with Crippen LogP contribution in [0.2, 0.25) is 0 Å². The standard InChI is InChI=1S/C15H31N3/c1-13(11-16-14-5-6-14)12-17-7-9-18(10-8-17)15(2,3)4/h13-14,16H,5-12H2,1-4H3. The molecule has 0 spiro atoms. The van der Waals surface area contributed by atoms with Crippen LogP contribution in [0.1, 0.15) is 40.5 Å². The van der Waals surface area contributed by atoms with Gasteiger partial charge in [-0.05, 0) is 46.1 Å². The summed E-state index contributed by atoms with van der Waals surface area (Å²) in [7, 11) is 0. The Hall–Kier alpha value is -0.120. The Morgan fingerprint density at radius 1 is 1.11 bits per heavy atom. The van der Waals surface area contributed by atoms with Gasteiger partial charge in [0, 0.05) is 44.3 Å². The first-order valence-electron chi connectivity index (χ1n) is 7.66. The molecule has 18 heavy (non-hydrogen) atoms. The molecule has 106 valence electrons. The molecule has 1 N–H and O–H groups in total. The lowest BCUT2D eigenvalue weighted by atomic mass is 10.0. The van der Waals surface area contributed by atoms with Crippen molar-refractivity contribution in [3.8, 4) is 0 Å². The largest absolute Gasteiger partial charge is 0.314 e. The first-order chi connectivity index (χ1) is 8.45. The summed E-state index contributed by atoms with van der Waals surface area (Å²) in [6, 6.07) is 0.852. The molecule has 1 atom stereocenters. The highest BCUT2D eigenvalue weighted by Crippen LogP contribution is 2.19. The number of nitrogens with one attached hydrogen (secondary N) is 1. The van der Waals surface area contributed by atoms with Gasteiger partial charge < -0.3 is 10.2 Å². The van der Waals surface area contributed by atoms with Crippen LogP contribution in [-0.4, -0.2) is 60.6 Å². The fourth-order valence-corrected chi connectivity index (χ4v) is 2.76. The Labute approximate surface area is 113 Å². The second-order valence-corrected chi connectivity index (χ2v) is 7.25. The normalized spacial score (nSPS) is 25.3. The van der Waals surface area contributed by atoms with Gasteiger partial charge >= 0.3 is 0 Å². The summed E-state index contributed by atoms with van der Waals surface area (Å²) in [5, 5.41) is 3.64. The third kappa shape index (κ3) is 4.52. The monoisotopic (exact) mass is 253 g/mol. The minimum absolute atomic E-state index is 0.339. The number of piperazine rings is 1. The average molecular weight is 253 g/mol. The van der Waals surface area contributed by atoms with Gasteiger partial charge in [0.2, 0.25) is 0 Å². The van der Waals surface area contributed by atoms with Gasteiger partial charge in [0.15, 0.2) is 0 Å². The lowest BCUT2D eigenvalue weighted by Gasteiger charge is -2.42. The molecular weight excluding hydrogens is 222 g/mol. The third-order valence-electron chi connectivity index (χ3n) is 4.22. The zero-order valence-electron chi connectivity index (χ0n) is 12.7. The van der Waals surface area contributed by atoms with Gasteiger partial charge in [-0.2, -0.15) is 0 Å². The molecule has 0 radical (unpaired) electrons. The number of rotatable bonds is 5. The molecule has 2 fully saturated rings. The van der Waals surface area contributed by atoms with Crippen molar-refractivity contribution >= 4 is 0 Å². The van der Waals surface area contributed by atoms with Crippen molar-refractivity contribution in [1.82, 2.24) is 15.1 Å². The van der Waals surface area contributed by atoms with Crippen molar-refractivity contribution in [2.75, 3.05) is 39.3 Å². The highest BCUT2D eigenvalue weighted by molar-refractivity contribution is 4.84. The van der Waals surface area contributed by atoms with Gasteiger partial charge in [-0.25, -0.2) is 0 Å². The molecule has 0 aromatic carbocycles. The van der Waals surface area contributed by atoms with E-state index in [9.17, 15) is 0 Å². The number of hydrogen-bond acceptors (Lipinski definition) is 3. The molecule has 1 saturated carbocycles. The van der Waals surface area contributed by atoms with E-state index in [1.54, 1.807) is 0 Å². The SMILES string of the molecule is CC(CNC1CC1)CN1CCN(C(C)(C)C)CC1. The van der Waals surface area contributed by atoms with E-state index in [2.05, 4.69) is 42.8 Å². The van der Waals surface area contributed by atoms with Gasteiger partial charge in [0.1, 0.15) is 0 Å². The fraction of sp³-hybridized carbons (Fsp3) is 1.00. The van der Waals surface area contributed by atoms with Crippen molar-refractivity contribution < 1.29 is 0 Å². The lowest BCUT2D eigenvalue weighted by Crippen LogP contribution is -2.54. The van der Waals surface area contributed by atoms with Crippen LogP contribution in [0.25, 0.3) is 0 Å². The summed E-state index contributed by atoms with van der Waals surface area (Å²) in [6.45, 7) is 16.8. The van der Waals surface area contributed by atoms with Crippen LogP contribution in [0, 0.1) is 5.92 Å². The molecule has 0 aromatic heterocycles. The third-order valence-corrected chi connectivity index (χ3v) is 4.22. The van der Waals surface area contributed by atoms with Gasteiger partial charge in [0.05, 0.1) is 0 Å². The molecule has 1 saturated heterocycles. The van der Waals surface area contributed by atoms with Crippen molar-refractivity contribution in [3.63, 3.8) is 0 Å². The molecule has 1 unspecified atom stereocenters. The first kappa shape index (κ1) is 14.3. The highest BCUT2D eigenvalue weighted by atomic mass is 15.3. The van der Waals surface area contributed by atoms with Crippen LogP contribution in [0.5, 0.6) is 0 Å². The molecular formula is C15H31N3. The minimum atomic E-state index is 0.339. The van der Waals surface area contributed by atoms with E-state index in [0.717, 1.165) is 12.0 Å². The Kier molecular flexibility index (Phi) is 4.68. The Balaban J connectivity index is 1.63. The van der Waals surface area contributed by atoms with Crippen LogP contribution in [0.15, 0.2) is 0 Å². The van der Waals surface area contributed by atoms with Crippen molar-refractivity contribution in [3.05, 3.63) is 0 Å². The Morgan fingerprint density at radius 3 is 2.22 bits per heavy atom. The smallest absolute Gasteiger partial charge is 0.0126 e. The molecule has 1 aliphatic heterocycles. The minimum Gasteiger partial charge on any atom is -0.314 e. The van der Waals surface area contributed by atoms with Crippen LogP contribution in [-0.2, 0) is 0 Å². The molecule has 0 amide bonds. The van der Waals surface area contributed by atoms with Crippen LogP contribution < -0.4 is 5.32 Å². The quantitative estimate of drug-likeness (QED) is 0.806. The summed E-state index contributed by atoms with van der Waals surface area (Å²) in [5.74, 6) is 0.784. The summed E-state index contributed by atoms with van der Waals surface area (Å²) in [5.41, 5.74) is 0.339. The number of hydrogen-bond donors (Lipinski definition) is 1. The fourth-order valence-electron chi connectivity index (χ4n) is 2.76. The van der Waals surface area contributed by atoms with Crippen molar-refractivity contribution in [2.45, 2.75) is 52.1 Å². The number of nitrogens with zero attached hydrogens (tertiary/aromatic N) is 2. The van der Waals surface area contributed by atoms with Gasteiger partial charge in [0.25, 0.3) is 0 Å². The molecule has 3 nitrogen and oxygen atoms in total. The van der Waals surface area contributed by atoms with E-state index in [1.807, 2.05) is 0 Å². The van der Waals surface area contributed by atoms with E-state index < -0.39 is 0 Å². The lowest BCUT2D eigenvalue weighted by molar-refractivity contribution is 0.0564. The molecule has 2 rings (SSSR count). The van der Waals surface area contributed by atoms with Gasteiger partial charge in [-0.15, -0.1) is 0 Å². The van der Waals surface area contributed by atoms with E-state index in [4.69, 9.17) is 0 Å². The van der Waals surface area contributed by atoms with E-state index in [1.165, 1.54) is 52.1 Å². The zero-order chi connectivity index (χ0) is 13.2. The maximum atomic E-state index is 3.64. The molecule has 2 aliphatic rings. The Morgan fingerprint density at radius 2 is 1.72 bits per heavy atom. The maximum Gasteiger partial charge on any atom is 0.0126 e. The highest BCUT2D eigenvalue weighted by Gasteiger charge is 2.26. The summed E-state index contributed by atoms with van der Waals surface area (Å²) in [6.07, 6.45) is 2.80. The maximum absolute atomic E-state index is 3.64. The van der Waals surface area contributed by atoms with Crippen molar-refractivity contribution in [2.24, 2.45) is 5.92 Å². The molecule has 0 bridgehead atoms. The molecule has 3 heteroatoms. The van der Waals surface area contributed by atoms with Crippen LogP contribution >= 0.6 is 0 Å². The van der Waals surface area contributed by atoms with E-state index >= 15 is 0 Å². The zero-order valence-corrected chi connectivity index (χ0v) is 12.7. The van der Waals surface area contributed by atoms with E-state index in [-0.39, 0.29) is 0 Å². The van der Waals surface area contributed by atoms with Crippen LogP contribution in [0.3, 0.4) is 0 Å². The summed E-state index contributed by atoms with van der Waals surface area (Å²) in [4.78, 5) is 5.25. The van der Waals surface area contributed by atoms with Gasteiger partial charge in [-0.1, -0.05) is 6.92 Å². The molecule has 0 aromatic rings. The average Bonchev–Trinajstić information content (AvgIpc) is 3.09. The second-order valence-electron chi connectivity index (χ2n) is 7.25.